The molecule has 0 atom stereocenters. The molecule has 0 unspecified atom stereocenters. The average molecular weight is 359 g/mol. The van der Waals surface area contributed by atoms with Gasteiger partial charge in [-0.1, -0.05) is 36.4 Å². The molecule has 0 bridgehead atoms. The number of amides is 1. The summed E-state index contributed by atoms with van der Waals surface area (Å²) >= 11 is 0. The number of halogens is 1. The summed E-state index contributed by atoms with van der Waals surface area (Å²) in [6.07, 6.45) is 0. The smallest absolute Gasteiger partial charge is 0.344 e. The summed E-state index contributed by atoms with van der Waals surface area (Å²) in [5.41, 5.74) is 1.93. The van der Waals surface area contributed by atoms with Crippen molar-refractivity contribution in [2.75, 3.05) is 5.32 Å². The van der Waals surface area contributed by atoms with Gasteiger partial charge in [0.15, 0.2) is 0 Å². The van der Waals surface area contributed by atoms with Gasteiger partial charge in [0.2, 0.25) is 0 Å². The van der Waals surface area contributed by atoms with Crippen molar-refractivity contribution in [1.29, 1.82) is 0 Å². The van der Waals surface area contributed by atoms with Gasteiger partial charge in [-0.2, -0.15) is 0 Å². The fraction of sp³-hybridized carbons (Fsp3) is 0. The number of nitrogens with one attached hydrogen (secondary N) is 1. The number of fused-ring (bicyclic) bond motifs is 1. The molecule has 0 fully saturated rings. The molecule has 0 aliphatic carbocycles. The Morgan fingerprint density at radius 3 is 2.44 bits per heavy atom. The van der Waals surface area contributed by atoms with Crippen LogP contribution < -0.4 is 10.9 Å². The molecule has 3 aromatic carbocycles. The van der Waals surface area contributed by atoms with E-state index in [0.29, 0.717) is 28.0 Å². The van der Waals surface area contributed by atoms with Crippen molar-refractivity contribution in [3.8, 4) is 11.1 Å². The minimum Gasteiger partial charge on any atom is -0.422 e. The zero-order valence-electron chi connectivity index (χ0n) is 14.1. The zero-order chi connectivity index (χ0) is 18.8. The van der Waals surface area contributed by atoms with Crippen LogP contribution in [0.1, 0.15) is 10.4 Å². The fourth-order valence-corrected chi connectivity index (χ4v) is 2.83. The highest BCUT2D eigenvalue weighted by Crippen LogP contribution is 2.22. The van der Waals surface area contributed by atoms with Crippen LogP contribution in [0.4, 0.5) is 10.1 Å². The van der Waals surface area contributed by atoms with Crippen LogP contribution in [0.25, 0.3) is 22.1 Å². The molecule has 1 N–H and O–H groups in total. The Kier molecular flexibility index (Phi) is 4.26. The SMILES string of the molecule is O=C(Nc1cccc(F)c1)c1ccc(-c2cc3ccccc3oc2=O)cc1. The first-order chi connectivity index (χ1) is 13.1. The van der Waals surface area contributed by atoms with Gasteiger partial charge in [0.25, 0.3) is 5.91 Å². The minimum absolute atomic E-state index is 0.363. The zero-order valence-corrected chi connectivity index (χ0v) is 14.1. The molecule has 4 rings (SSSR count). The Morgan fingerprint density at radius 2 is 1.67 bits per heavy atom. The standard InChI is InChI=1S/C22H14FNO3/c23-17-5-3-6-18(13-17)24-21(25)15-10-8-14(9-11-15)19-12-16-4-1-2-7-20(16)27-22(19)26/h1-13H,(H,24,25). The van der Waals surface area contributed by atoms with Gasteiger partial charge >= 0.3 is 5.63 Å². The van der Waals surface area contributed by atoms with Crippen LogP contribution in [0, 0.1) is 5.82 Å². The minimum atomic E-state index is -0.439. The summed E-state index contributed by atoms with van der Waals surface area (Å²) in [6.45, 7) is 0. The lowest BCUT2D eigenvalue weighted by atomic mass is 10.0. The molecule has 4 nitrogen and oxygen atoms in total. The largest absolute Gasteiger partial charge is 0.422 e. The topological polar surface area (TPSA) is 59.3 Å². The van der Waals surface area contributed by atoms with Gasteiger partial charge in [0.05, 0.1) is 5.56 Å². The van der Waals surface area contributed by atoms with Crippen molar-refractivity contribution in [3.63, 3.8) is 0 Å². The van der Waals surface area contributed by atoms with Crippen LogP contribution in [0.15, 0.2) is 88.1 Å². The summed E-state index contributed by atoms with van der Waals surface area (Å²) < 4.78 is 18.6. The molecule has 132 valence electrons. The Labute approximate surface area is 153 Å². The van der Waals surface area contributed by atoms with Gasteiger partial charge in [0, 0.05) is 16.6 Å². The molecule has 1 aromatic heterocycles. The molecule has 0 aliphatic heterocycles. The normalized spacial score (nSPS) is 10.7. The number of carbonyl (C=O) groups excluding carboxylic acids is 1. The van der Waals surface area contributed by atoms with Crippen molar-refractivity contribution >= 4 is 22.6 Å². The molecule has 5 heteroatoms. The lowest BCUT2D eigenvalue weighted by Gasteiger charge is -2.07. The number of anilines is 1. The third kappa shape index (κ3) is 3.48. The van der Waals surface area contributed by atoms with Gasteiger partial charge in [-0.25, -0.2) is 9.18 Å². The van der Waals surface area contributed by atoms with E-state index in [9.17, 15) is 14.0 Å². The van der Waals surface area contributed by atoms with Crippen molar-refractivity contribution < 1.29 is 13.6 Å². The molecular weight excluding hydrogens is 345 g/mol. The monoisotopic (exact) mass is 359 g/mol. The van der Waals surface area contributed by atoms with Crippen LogP contribution in [-0.4, -0.2) is 5.91 Å². The Bertz CT molecular complexity index is 1200. The van der Waals surface area contributed by atoms with Crippen molar-refractivity contribution in [2.45, 2.75) is 0 Å². The van der Waals surface area contributed by atoms with E-state index in [2.05, 4.69) is 5.32 Å². The number of benzene rings is 3. The summed E-state index contributed by atoms with van der Waals surface area (Å²) in [5.74, 6) is -0.788. The van der Waals surface area contributed by atoms with Crippen LogP contribution in [0.5, 0.6) is 0 Å². The lowest BCUT2D eigenvalue weighted by molar-refractivity contribution is 0.102. The summed E-state index contributed by atoms with van der Waals surface area (Å²) in [4.78, 5) is 24.5. The Morgan fingerprint density at radius 1 is 0.889 bits per heavy atom. The second-order valence-corrected chi connectivity index (χ2v) is 6.03. The van der Waals surface area contributed by atoms with Crippen LogP contribution in [0.3, 0.4) is 0 Å². The van der Waals surface area contributed by atoms with E-state index in [0.717, 1.165) is 5.39 Å². The quantitative estimate of drug-likeness (QED) is 0.532. The summed E-state index contributed by atoms with van der Waals surface area (Å²) in [6, 6.07) is 21.3. The maximum absolute atomic E-state index is 13.2. The van der Waals surface area contributed by atoms with Crippen molar-refractivity contribution in [2.24, 2.45) is 0 Å². The third-order valence-electron chi connectivity index (χ3n) is 4.18. The van der Waals surface area contributed by atoms with E-state index < -0.39 is 11.4 Å². The third-order valence-corrected chi connectivity index (χ3v) is 4.18. The maximum atomic E-state index is 13.2. The predicted octanol–water partition coefficient (Wildman–Crippen LogP) is 4.85. The first-order valence-electron chi connectivity index (χ1n) is 8.30. The molecule has 0 radical (unpaired) electrons. The first kappa shape index (κ1) is 16.7. The summed E-state index contributed by atoms with van der Waals surface area (Å²) in [7, 11) is 0. The Hall–Kier alpha value is -3.73. The maximum Gasteiger partial charge on any atom is 0.344 e. The fourth-order valence-electron chi connectivity index (χ4n) is 2.83. The number of rotatable bonds is 3. The van der Waals surface area contributed by atoms with E-state index in [1.165, 1.54) is 18.2 Å². The van der Waals surface area contributed by atoms with E-state index in [4.69, 9.17) is 4.42 Å². The highest BCUT2D eigenvalue weighted by atomic mass is 19.1. The number of hydrogen-bond acceptors (Lipinski definition) is 3. The molecule has 1 heterocycles. The second kappa shape index (κ2) is 6.88. The summed E-state index contributed by atoms with van der Waals surface area (Å²) in [5, 5.41) is 3.45. The van der Waals surface area contributed by atoms with Gasteiger partial charge in [-0.15, -0.1) is 0 Å². The van der Waals surface area contributed by atoms with Crippen LogP contribution in [-0.2, 0) is 0 Å². The van der Waals surface area contributed by atoms with Gasteiger partial charge in [-0.3, -0.25) is 4.79 Å². The first-order valence-corrected chi connectivity index (χ1v) is 8.30. The molecular formula is C22H14FNO3. The molecule has 27 heavy (non-hydrogen) atoms. The van der Waals surface area contributed by atoms with E-state index in [1.54, 1.807) is 48.5 Å². The highest BCUT2D eigenvalue weighted by molar-refractivity contribution is 6.04. The van der Waals surface area contributed by atoms with Crippen LogP contribution >= 0.6 is 0 Å². The van der Waals surface area contributed by atoms with Crippen molar-refractivity contribution in [3.05, 3.63) is 101 Å². The van der Waals surface area contributed by atoms with Crippen molar-refractivity contribution in [1.82, 2.24) is 0 Å². The van der Waals surface area contributed by atoms with E-state index in [1.807, 2.05) is 12.1 Å². The van der Waals surface area contributed by atoms with Crippen LogP contribution in [0.2, 0.25) is 0 Å². The predicted molar refractivity (Wildman–Crippen MR) is 102 cm³/mol. The molecule has 0 saturated carbocycles. The molecule has 0 aliphatic rings. The lowest BCUT2D eigenvalue weighted by Crippen LogP contribution is -2.12. The number of para-hydroxylation sites is 1. The second-order valence-electron chi connectivity index (χ2n) is 6.03. The van der Waals surface area contributed by atoms with Gasteiger partial charge < -0.3 is 9.73 Å². The van der Waals surface area contributed by atoms with E-state index in [-0.39, 0.29) is 5.91 Å². The molecule has 0 spiro atoms. The van der Waals surface area contributed by atoms with Gasteiger partial charge in [-0.05, 0) is 48.0 Å². The Balaban J connectivity index is 1.61. The average Bonchev–Trinajstić information content (AvgIpc) is 2.67. The molecule has 0 saturated heterocycles. The highest BCUT2D eigenvalue weighted by Gasteiger charge is 2.10. The van der Waals surface area contributed by atoms with Gasteiger partial charge in [0.1, 0.15) is 11.4 Å². The van der Waals surface area contributed by atoms with E-state index >= 15 is 0 Å². The number of carbonyl (C=O) groups is 1. The molecule has 4 aromatic rings. The number of hydrogen-bond donors (Lipinski definition) is 1. The molecule has 1 amide bonds.